The van der Waals surface area contributed by atoms with Crippen molar-refractivity contribution < 1.29 is 9.18 Å². The Kier molecular flexibility index (Phi) is 6.48. The van der Waals surface area contributed by atoms with Crippen LogP contribution in [-0.2, 0) is 17.9 Å². The minimum Gasteiger partial charge on any atom is -0.306 e. The monoisotopic (exact) mass is 467 g/mol. The van der Waals surface area contributed by atoms with Gasteiger partial charge in [0, 0.05) is 22.2 Å². The molecule has 2 aromatic heterocycles. The van der Waals surface area contributed by atoms with Gasteiger partial charge in [-0.15, -0.1) is 11.3 Å². The second-order valence-electron chi connectivity index (χ2n) is 7.19. The average Bonchev–Trinajstić information content (AvgIpc) is 3.20. The maximum absolute atomic E-state index is 13.7. The van der Waals surface area contributed by atoms with Crippen LogP contribution in [0.25, 0.3) is 11.3 Å². The second-order valence-corrected chi connectivity index (χ2v) is 8.59. The third-order valence-electron chi connectivity index (χ3n) is 5.01. The summed E-state index contributed by atoms with van der Waals surface area (Å²) in [6, 6.07) is 18.5. The Bertz CT molecular complexity index is 1320. The third kappa shape index (κ3) is 4.79. The SMILES string of the molecule is Cc1ccsc1CN(C(=O)Cn1nc(-c2ccccc2)ccc1=O)c1ccc(F)c(Cl)c1. The van der Waals surface area contributed by atoms with Crippen molar-refractivity contribution in [2.75, 3.05) is 4.90 Å². The third-order valence-corrected chi connectivity index (χ3v) is 6.30. The molecule has 0 saturated heterocycles. The van der Waals surface area contributed by atoms with Crippen LogP contribution in [0.2, 0.25) is 5.02 Å². The number of benzene rings is 2. The number of carbonyl (C=O) groups is 1. The number of nitrogens with zero attached hydrogens (tertiary/aromatic N) is 3. The van der Waals surface area contributed by atoms with E-state index < -0.39 is 5.82 Å². The lowest BCUT2D eigenvalue weighted by atomic mass is 10.1. The Balaban J connectivity index is 1.67. The summed E-state index contributed by atoms with van der Waals surface area (Å²) in [5, 5.41) is 6.24. The zero-order valence-electron chi connectivity index (χ0n) is 17.2. The van der Waals surface area contributed by atoms with Crippen molar-refractivity contribution in [3.05, 3.63) is 104 Å². The fourth-order valence-corrected chi connectivity index (χ4v) is 4.29. The van der Waals surface area contributed by atoms with Crippen molar-refractivity contribution in [3.8, 4) is 11.3 Å². The van der Waals surface area contributed by atoms with Gasteiger partial charge < -0.3 is 4.90 Å². The summed E-state index contributed by atoms with van der Waals surface area (Å²) in [7, 11) is 0. The largest absolute Gasteiger partial charge is 0.306 e. The Labute approximate surface area is 193 Å². The first kappa shape index (κ1) is 21.9. The number of aromatic nitrogens is 2. The van der Waals surface area contributed by atoms with Crippen molar-refractivity contribution in [2.24, 2.45) is 0 Å². The fourth-order valence-electron chi connectivity index (χ4n) is 3.22. The summed E-state index contributed by atoms with van der Waals surface area (Å²) in [6.07, 6.45) is 0. The van der Waals surface area contributed by atoms with E-state index in [1.54, 1.807) is 6.07 Å². The number of aryl methyl sites for hydroxylation is 1. The molecule has 0 spiro atoms. The van der Waals surface area contributed by atoms with Crippen LogP contribution in [0.1, 0.15) is 10.4 Å². The lowest BCUT2D eigenvalue weighted by Gasteiger charge is -2.23. The van der Waals surface area contributed by atoms with Gasteiger partial charge in [0.05, 0.1) is 17.3 Å². The molecule has 0 aliphatic carbocycles. The number of hydrogen-bond donors (Lipinski definition) is 0. The predicted octanol–water partition coefficient (Wildman–Crippen LogP) is 5.31. The predicted molar refractivity (Wildman–Crippen MR) is 126 cm³/mol. The standard InChI is InChI=1S/C24H19ClFN3O2S/c1-16-11-12-32-22(16)14-28(18-7-8-20(26)19(25)13-18)24(31)15-29-23(30)10-9-21(27-29)17-5-3-2-4-6-17/h2-13H,14-15H2,1H3. The normalized spacial score (nSPS) is 10.8. The summed E-state index contributed by atoms with van der Waals surface area (Å²) >= 11 is 7.49. The van der Waals surface area contributed by atoms with Crippen molar-refractivity contribution in [1.29, 1.82) is 0 Å². The van der Waals surface area contributed by atoms with Gasteiger partial charge in [-0.3, -0.25) is 9.59 Å². The van der Waals surface area contributed by atoms with Gasteiger partial charge in [0.1, 0.15) is 12.4 Å². The number of anilines is 1. The highest BCUT2D eigenvalue weighted by molar-refractivity contribution is 7.10. The topological polar surface area (TPSA) is 55.2 Å². The summed E-state index contributed by atoms with van der Waals surface area (Å²) in [5.74, 6) is -0.927. The van der Waals surface area contributed by atoms with Crippen molar-refractivity contribution in [1.82, 2.24) is 9.78 Å². The van der Waals surface area contributed by atoms with E-state index in [1.165, 1.54) is 40.5 Å². The molecule has 0 aliphatic heterocycles. The molecule has 8 heteroatoms. The van der Waals surface area contributed by atoms with Gasteiger partial charge in [-0.2, -0.15) is 5.10 Å². The molecule has 0 aliphatic rings. The first-order chi connectivity index (χ1) is 15.4. The Morgan fingerprint density at radius 1 is 1.12 bits per heavy atom. The number of hydrogen-bond acceptors (Lipinski definition) is 4. The molecule has 4 aromatic rings. The van der Waals surface area contributed by atoms with Gasteiger partial charge >= 0.3 is 0 Å². The summed E-state index contributed by atoms with van der Waals surface area (Å²) in [4.78, 5) is 28.2. The van der Waals surface area contributed by atoms with Gasteiger partial charge in [0.15, 0.2) is 0 Å². The van der Waals surface area contributed by atoms with E-state index in [0.29, 0.717) is 11.4 Å². The van der Waals surface area contributed by atoms with Gasteiger partial charge in [-0.1, -0.05) is 41.9 Å². The molecule has 5 nitrogen and oxygen atoms in total. The van der Waals surface area contributed by atoms with Gasteiger partial charge in [-0.05, 0) is 48.2 Å². The maximum Gasteiger partial charge on any atom is 0.267 e. The molecule has 0 radical (unpaired) electrons. The van der Waals surface area contributed by atoms with E-state index in [9.17, 15) is 14.0 Å². The molecule has 32 heavy (non-hydrogen) atoms. The number of halogens is 2. The molecule has 0 saturated carbocycles. The zero-order chi connectivity index (χ0) is 22.7. The lowest BCUT2D eigenvalue weighted by molar-refractivity contribution is -0.119. The van der Waals surface area contributed by atoms with Gasteiger partial charge in [0.25, 0.3) is 5.56 Å². The molecular formula is C24H19ClFN3O2S. The Morgan fingerprint density at radius 2 is 1.91 bits per heavy atom. The maximum atomic E-state index is 13.7. The quantitative estimate of drug-likeness (QED) is 0.386. The van der Waals surface area contributed by atoms with E-state index in [0.717, 1.165) is 20.7 Å². The molecule has 1 amide bonds. The van der Waals surface area contributed by atoms with Crippen LogP contribution in [0, 0.1) is 12.7 Å². The van der Waals surface area contributed by atoms with Crippen molar-refractivity contribution >= 4 is 34.5 Å². The van der Waals surface area contributed by atoms with Crippen LogP contribution in [0.15, 0.2) is 76.9 Å². The molecule has 0 unspecified atom stereocenters. The van der Waals surface area contributed by atoms with Crippen LogP contribution in [0.4, 0.5) is 10.1 Å². The highest BCUT2D eigenvalue weighted by atomic mass is 35.5. The lowest BCUT2D eigenvalue weighted by Crippen LogP contribution is -2.37. The number of amides is 1. The van der Waals surface area contributed by atoms with E-state index >= 15 is 0 Å². The molecule has 0 atom stereocenters. The highest BCUT2D eigenvalue weighted by Gasteiger charge is 2.20. The average molecular weight is 468 g/mol. The van der Waals surface area contributed by atoms with E-state index in [2.05, 4.69) is 5.10 Å². The smallest absolute Gasteiger partial charge is 0.267 e. The molecule has 0 N–H and O–H groups in total. The minimum atomic E-state index is -0.566. The van der Waals surface area contributed by atoms with Crippen LogP contribution >= 0.6 is 22.9 Å². The molecule has 162 valence electrons. The molecule has 0 bridgehead atoms. The fraction of sp³-hybridized carbons (Fsp3) is 0.125. The zero-order valence-corrected chi connectivity index (χ0v) is 18.7. The second kappa shape index (κ2) is 9.46. The highest BCUT2D eigenvalue weighted by Crippen LogP contribution is 2.27. The van der Waals surface area contributed by atoms with Crippen molar-refractivity contribution in [3.63, 3.8) is 0 Å². The van der Waals surface area contributed by atoms with E-state index in [1.807, 2.05) is 48.7 Å². The summed E-state index contributed by atoms with van der Waals surface area (Å²) in [5.41, 5.74) is 2.53. The van der Waals surface area contributed by atoms with Crippen LogP contribution < -0.4 is 10.5 Å². The Hall–Kier alpha value is -3.29. The van der Waals surface area contributed by atoms with Crippen molar-refractivity contribution in [2.45, 2.75) is 20.0 Å². The molecule has 4 rings (SSSR count). The van der Waals surface area contributed by atoms with Gasteiger partial charge in [-0.25, -0.2) is 9.07 Å². The molecule has 0 fully saturated rings. The van der Waals surface area contributed by atoms with Crippen LogP contribution in [0.5, 0.6) is 0 Å². The number of thiophene rings is 1. The van der Waals surface area contributed by atoms with Gasteiger partial charge in [0.2, 0.25) is 5.91 Å². The Morgan fingerprint density at radius 3 is 2.59 bits per heavy atom. The summed E-state index contributed by atoms with van der Waals surface area (Å²) in [6.45, 7) is 1.97. The first-order valence-electron chi connectivity index (χ1n) is 9.84. The minimum absolute atomic E-state index is 0.0791. The molecular weight excluding hydrogens is 449 g/mol. The number of rotatable bonds is 6. The van der Waals surface area contributed by atoms with Crippen LogP contribution in [-0.4, -0.2) is 15.7 Å². The van der Waals surface area contributed by atoms with E-state index in [4.69, 9.17) is 11.6 Å². The first-order valence-corrected chi connectivity index (χ1v) is 11.1. The molecule has 2 aromatic carbocycles. The van der Waals surface area contributed by atoms with Crippen LogP contribution in [0.3, 0.4) is 0 Å². The molecule has 2 heterocycles. The summed E-state index contributed by atoms with van der Waals surface area (Å²) < 4.78 is 14.9. The van der Waals surface area contributed by atoms with E-state index in [-0.39, 0.29) is 29.6 Å². The number of carbonyl (C=O) groups excluding carboxylic acids is 1.